The van der Waals surface area contributed by atoms with Gasteiger partial charge < -0.3 is 9.47 Å². The Labute approximate surface area is 142 Å². The quantitative estimate of drug-likeness (QED) is 0.399. The van der Waals surface area contributed by atoms with E-state index in [4.69, 9.17) is 4.74 Å². The highest BCUT2D eigenvalue weighted by Crippen LogP contribution is 2.36. The van der Waals surface area contributed by atoms with E-state index in [1.165, 1.54) is 37.4 Å². The maximum atomic E-state index is 11.8. The van der Waals surface area contributed by atoms with Gasteiger partial charge in [0, 0.05) is 21.1 Å². The maximum Gasteiger partial charge on any atom is 0.341 e. The van der Waals surface area contributed by atoms with Crippen LogP contribution in [-0.4, -0.2) is 18.0 Å². The molecule has 0 fully saturated rings. The molecular weight excluding hydrogens is 422 g/mol. The molecule has 0 aliphatic rings. The smallest absolute Gasteiger partial charge is 0.341 e. The number of hydrogen-bond donors (Lipinski definition) is 0. The van der Waals surface area contributed by atoms with Gasteiger partial charge in [0.15, 0.2) is 0 Å². The molecule has 0 saturated carbocycles. The van der Waals surface area contributed by atoms with Gasteiger partial charge in [-0.25, -0.2) is 4.79 Å². The number of nitro groups is 1. The molecule has 2 aromatic rings. The van der Waals surface area contributed by atoms with Gasteiger partial charge in [-0.2, -0.15) is 0 Å². The molecule has 0 bridgehead atoms. The van der Waals surface area contributed by atoms with Crippen LogP contribution in [0.3, 0.4) is 0 Å². The molecule has 0 atom stereocenters. The molecule has 0 saturated heterocycles. The number of ether oxygens (including phenoxy) is 2. The third-order valence-corrected chi connectivity index (χ3v) is 3.67. The summed E-state index contributed by atoms with van der Waals surface area (Å²) in [4.78, 5) is 22.3. The van der Waals surface area contributed by atoms with E-state index in [1.54, 1.807) is 6.07 Å². The van der Waals surface area contributed by atoms with Crippen LogP contribution in [0.5, 0.6) is 11.5 Å². The summed E-state index contributed by atoms with van der Waals surface area (Å²) < 4.78 is 11.5. The number of methoxy groups -OCH3 is 1. The highest BCUT2D eigenvalue weighted by atomic mass is 79.9. The molecule has 2 rings (SSSR count). The summed E-state index contributed by atoms with van der Waals surface area (Å²) in [6.45, 7) is 0. The number of nitrogens with zero attached hydrogens (tertiary/aromatic N) is 1. The van der Waals surface area contributed by atoms with Gasteiger partial charge in [-0.3, -0.25) is 10.1 Å². The summed E-state index contributed by atoms with van der Waals surface area (Å²) in [5.74, 6) is -0.419. The van der Waals surface area contributed by atoms with E-state index in [1.807, 2.05) is 0 Å². The van der Waals surface area contributed by atoms with E-state index in [9.17, 15) is 14.9 Å². The highest BCUT2D eigenvalue weighted by molar-refractivity contribution is 9.10. The fourth-order valence-corrected chi connectivity index (χ4v) is 2.40. The Morgan fingerprint density at radius 3 is 2.36 bits per heavy atom. The average molecular weight is 431 g/mol. The molecule has 0 amide bonds. The molecule has 0 radical (unpaired) electrons. The summed E-state index contributed by atoms with van der Waals surface area (Å²) >= 11 is 6.48. The van der Waals surface area contributed by atoms with Crippen LogP contribution < -0.4 is 4.74 Å². The summed E-state index contributed by atoms with van der Waals surface area (Å²) in [5.41, 5.74) is -0.0481. The third kappa shape index (κ3) is 3.63. The van der Waals surface area contributed by atoms with Crippen molar-refractivity contribution in [3.63, 3.8) is 0 Å². The van der Waals surface area contributed by atoms with Crippen LogP contribution in [0.4, 0.5) is 5.69 Å². The molecule has 2 aromatic carbocycles. The van der Waals surface area contributed by atoms with Crippen LogP contribution >= 0.6 is 31.9 Å². The van der Waals surface area contributed by atoms with Crippen LogP contribution in [0.2, 0.25) is 0 Å². The second-order valence-electron chi connectivity index (χ2n) is 4.10. The molecule has 0 aliphatic carbocycles. The van der Waals surface area contributed by atoms with E-state index >= 15 is 0 Å². The molecule has 0 spiro atoms. The Bertz CT molecular complexity index is 748. The zero-order valence-corrected chi connectivity index (χ0v) is 14.4. The zero-order chi connectivity index (χ0) is 16.3. The van der Waals surface area contributed by atoms with Crippen molar-refractivity contribution in [1.29, 1.82) is 0 Å². The van der Waals surface area contributed by atoms with Gasteiger partial charge in [-0.15, -0.1) is 0 Å². The number of halogens is 2. The lowest BCUT2D eigenvalue weighted by atomic mass is 10.2. The summed E-state index contributed by atoms with van der Waals surface area (Å²) in [5, 5.41) is 11.1. The lowest BCUT2D eigenvalue weighted by Crippen LogP contribution is -2.04. The Kier molecular flexibility index (Phi) is 5.15. The minimum atomic E-state index is -0.603. The predicted molar refractivity (Wildman–Crippen MR) is 86.4 cm³/mol. The van der Waals surface area contributed by atoms with Crippen molar-refractivity contribution < 1.29 is 19.2 Å². The average Bonchev–Trinajstić information content (AvgIpc) is 2.48. The number of hydrogen-bond acceptors (Lipinski definition) is 5. The van der Waals surface area contributed by atoms with Gasteiger partial charge in [0.1, 0.15) is 11.3 Å². The lowest BCUT2D eigenvalue weighted by Gasteiger charge is -2.11. The number of benzene rings is 2. The van der Waals surface area contributed by atoms with Gasteiger partial charge in [0.2, 0.25) is 5.75 Å². The Morgan fingerprint density at radius 1 is 1.09 bits per heavy atom. The second kappa shape index (κ2) is 6.89. The van der Waals surface area contributed by atoms with Crippen molar-refractivity contribution in [3.05, 3.63) is 61.0 Å². The molecule has 0 N–H and O–H groups in total. The van der Waals surface area contributed by atoms with Crippen molar-refractivity contribution in [2.45, 2.75) is 0 Å². The predicted octanol–water partition coefficient (Wildman–Crippen LogP) is 4.70. The van der Waals surface area contributed by atoms with Crippen LogP contribution in [0.15, 0.2) is 45.3 Å². The molecule has 114 valence electrons. The van der Waals surface area contributed by atoms with Gasteiger partial charge in [0.05, 0.1) is 12.0 Å². The monoisotopic (exact) mass is 429 g/mol. The fourth-order valence-electron chi connectivity index (χ4n) is 1.70. The molecule has 0 aromatic heterocycles. The number of rotatable bonds is 4. The van der Waals surface area contributed by atoms with Crippen molar-refractivity contribution in [3.8, 4) is 11.5 Å². The Morgan fingerprint density at radius 2 is 1.73 bits per heavy atom. The maximum absolute atomic E-state index is 11.8. The SMILES string of the molecule is COC(=O)c1cc(Br)ccc1Oc1cc(Br)ccc1[N+](=O)[O-]. The summed E-state index contributed by atoms with van der Waals surface area (Å²) in [7, 11) is 1.24. The van der Waals surface area contributed by atoms with Crippen molar-refractivity contribution in [2.75, 3.05) is 7.11 Å². The number of esters is 1. The zero-order valence-electron chi connectivity index (χ0n) is 11.2. The van der Waals surface area contributed by atoms with Gasteiger partial charge in [-0.05, 0) is 24.3 Å². The molecule has 0 aliphatic heterocycles. The summed E-state index contributed by atoms with van der Waals surface area (Å²) in [6.07, 6.45) is 0. The van der Waals surface area contributed by atoms with Gasteiger partial charge in [0.25, 0.3) is 0 Å². The van der Waals surface area contributed by atoms with E-state index in [-0.39, 0.29) is 22.7 Å². The first kappa shape index (κ1) is 16.4. The highest BCUT2D eigenvalue weighted by Gasteiger charge is 2.20. The van der Waals surface area contributed by atoms with Crippen molar-refractivity contribution in [2.24, 2.45) is 0 Å². The van der Waals surface area contributed by atoms with Crippen molar-refractivity contribution in [1.82, 2.24) is 0 Å². The lowest BCUT2D eigenvalue weighted by molar-refractivity contribution is -0.385. The minimum Gasteiger partial charge on any atom is -0.465 e. The fraction of sp³-hybridized carbons (Fsp3) is 0.0714. The first-order valence-corrected chi connectivity index (χ1v) is 7.50. The molecular formula is C14H9Br2NO5. The number of nitro benzene ring substituents is 1. The topological polar surface area (TPSA) is 78.7 Å². The van der Waals surface area contributed by atoms with Crippen LogP contribution in [0.25, 0.3) is 0 Å². The first-order chi connectivity index (χ1) is 10.4. The van der Waals surface area contributed by atoms with E-state index in [0.717, 1.165) is 0 Å². The largest absolute Gasteiger partial charge is 0.465 e. The molecule has 0 heterocycles. The van der Waals surface area contributed by atoms with Gasteiger partial charge in [-0.1, -0.05) is 31.9 Å². The molecule has 22 heavy (non-hydrogen) atoms. The normalized spacial score (nSPS) is 10.1. The second-order valence-corrected chi connectivity index (χ2v) is 5.93. The van der Waals surface area contributed by atoms with Crippen molar-refractivity contribution >= 4 is 43.5 Å². The van der Waals surface area contributed by atoms with Crippen LogP contribution in [-0.2, 0) is 4.74 Å². The van der Waals surface area contributed by atoms with E-state index in [0.29, 0.717) is 8.95 Å². The molecule has 6 nitrogen and oxygen atoms in total. The number of carbonyl (C=O) groups excluding carboxylic acids is 1. The third-order valence-electron chi connectivity index (χ3n) is 2.69. The molecule has 0 unspecified atom stereocenters. The molecule has 8 heteroatoms. The number of carbonyl (C=O) groups is 1. The minimum absolute atomic E-state index is 0.0202. The Hall–Kier alpha value is -1.93. The Balaban J connectivity index is 2.50. The first-order valence-electron chi connectivity index (χ1n) is 5.92. The van der Waals surface area contributed by atoms with E-state index in [2.05, 4.69) is 36.6 Å². The summed E-state index contributed by atoms with van der Waals surface area (Å²) in [6, 6.07) is 9.02. The van der Waals surface area contributed by atoms with Gasteiger partial charge >= 0.3 is 11.7 Å². The van der Waals surface area contributed by atoms with E-state index < -0.39 is 10.9 Å². The van der Waals surface area contributed by atoms with Crippen LogP contribution in [0.1, 0.15) is 10.4 Å². The standard InChI is InChI=1S/C14H9Br2NO5/c1-21-14(18)10-6-8(15)3-5-12(10)22-13-7-9(16)2-4-11(13)17(19)20/h2-7H,1H3. The van der Waals surface area contributed by atoms with Crippen LogP contribution in [0, 0.1) is 10.1 Å².